The average molecular weight is 452 g/mol. The van der Waals surface area contributed by atoms with Crippen LogP contribution in [0.3, 0.4) is 0 Å². The molecule has 1 aromatic heterocycles. The van der Waals surface area contributed by atoms with Crippen LogP contribution in [0.5, 0.6) is 0 Å². The Morgan fingerprint density at radius 3 is 2.56 bits per heavy atom. The average Bonchev–Trinajstić information content (AvgIpc) is 3.25. The molecule has 1 heterocycles. The zero-order chi connectivity index (χ0) is 22.6. The number of thiazole rings is 1. The molecule has 170 valence electrons. The Morgan fingerprint density at radius 2 is 1.78 bits per heavy atom. The topological polar surface area (TPSA) is 74.2 Å². The number of carbonyl (C=O) groups excluding carboxylic acids is 1. The minimum Gasteiger partial charge on any atom is -0.396 e. The van der Waals surface area contributed by atoms with Gasteiger partial charge in [0, 0.05) is 36.2 Å². The van der Waals surface area contributed by atoms with Gasteiger partial charge in [-0.05, 0) is 42.2 Å². The Labute approximate surface area is 194 Å². The molecule has 3 N–H and O–H groups in total. The van der Waals surface area contributed by atoms with E-state index in [2.05, 4.69) is 46.8 Å². The van der Waals surface area contributed by atoms with E-state index in [0.29, 0.717) is 23.7 Å². The summed E-state index contributed by atoms with van der Waals surface area (Å²) in [4.78, 5) is 16.8. The third-order valence-electron chi connectivity index (χ3n) is 5.41. The van der Waals surface area contributed by atoms with Gasteiger partial charge < -0.3 is 10.4 Å². The molecule has 3 aromatic rings. The first-order chi connectivity index (χ1) is 15.7. The first-order valence-corrected chi connectivity index (χ1v) is 12.3. The molecule has 0 aliphatic heterocycles. The van der Waals surface area contributed by atoms with Crippen molar-refractivity contribution in [3.8, 4) is 0 Å². The van der Waals surface area contributed by atoms with Crippen molar-refractivity contribution in [2.75, 3.05) is 17.2 Å². The lowest BCUT2D eigenvalue weighted by molar-refractivity contribution is 0.102. The van der Waals surface area contributed by atoms with Gasteiger partial charge in [-0.15, -0.1) is 11.3 Å². The normalized spacial score (nSPS) is 10.8. The number of para-hydroxylation sites is 1. The number of nitrogens with one attached hydrogen (secondary N) is 2. The minimum atomic E-state index is -0.178. The number of anilines is 2. The summed E-state index contributed by atoms with van der Waals surface area (Å²) in [7, 11) is 0. The Bertz CT molecular complexity index is 969. The number of hydrogen-bond acceptors (Lipinski definition) is 5. The summed E-state index contributed by atoms with van der Waals surface area (Å²) in [5.41, 5.74) is 5.06. The van der Waals surface area contributed by atoms with Gasteiger partial charge in [0.2, 0.25) is 0 Å². The van der Waals surface area contributed by atoms with E-state index in [1.165, 1.54) is 54.7 Å². The van der Waals surface area contributed by atoms with E-state index in [1.807, 2.05) is 29.6 Å². The maximum atomic E-state index is 12.5. The number of hydrogen-bond donors (Lipinski definition) is 3. The summed E-state index contributed by atoms with van der Waals surface area (Å²) >= 11 is 1.37. The lowest BCUT2D eigenvalue weighted by atomic mass is 10.0. The first-order valence-electron chi connectivity index (χ1n) is 11.5. The molecule has 0 saturated carbocycles. The van der Waals surface area contributed by atoms with Gasteiger partial charge in [-0.1, -0.05) is 62.9 Å². The second-order valence-corrected chi connectivity index (χ2v) is 8.80. The molecule has 0 aliphatic carbocycles. The minimum absolute atomic E-state index is 0.0516. The molecule has 0 fully saturated rings. The second kappa shape index (κ2) is 13.0. The largest absolute Gasteiger partial charge is 0.396 e. The van der Waals surface area contributed by atoms with Gasteiger partial charge in [-0.3, -0.25) is 10.1 Å². The van der Waals surface area contributed by atoms with Crippen LogP contribution in [-0.4, -0.2) is 22.6 Å². The smallest absolute Gasteiger partial charge is 0.257 e. The van der Waals surface area contributed by atoms with Crippen LogP contribution >= 0.6 is 11.3 Å². The SMILES string of the molecule is CCCCCCCc1ccccc1NCc1ccc(C(=O)Nc2nc(CCO)cs2)cc1. The fourth-order valence-electron chi connectivity index (χ4n) is 3.56. The van der Waals surface area contributed by atoms with Crippen molar-refractivity contribution in [2.24, 2.45) is 0 Å². The number of aromatic nitrogens is 1. The maximum absolute atomic E-state index is 12.5. The van der Waals surface area contributed by atoms with Gasteiger partial charge >= 0.3 is 0 Å². The van der Waals surface area contributed by atoms with Crippen LogP contribution < -0.4 is 10.6 Å². The molecule has 0 saturated heterocycles. The molecule has 2 aromatic carbocycles. The van der Waals surface area contributed by atoms with Gasteiger partial charge in [-0.25, -0.2) is 4.98 Å². The lowest BCUT2D eigenvalue weighted by Gasteiger charge is -2.12. The van der Waals surface area contributed by atoms with Crippen LogP contribution in [0.15, 0.2) is 53.9 Å². The van der Waals surface area contributed by atoms with Crippen molar-refractivity contribution in [1.29, 1.82) is 0 Å². The third kappa shape index (κ3) is 7.46. The predicted molar refractivity (Wildman–Crippen MR) is 134 cm³/mol. The number of aliphatic hydroxyl groups is 1. The van der Waals surface area contributed by atoms with E-state index in [0.717, 1.165) is 17.7 Å². The van der Waals surface area contributed by atoms with Gasteiger partial charge in [-0.2, -0.15) is 0 Å². The number of unbranched alkanes of at least 4 members (excludes halogenated alkanes) is 4. The number of amides is 1. The van der Waals surface area contributed by atoms with Crippen LogP contribution in [0.1, 0.15) is 66.2 Å². The maximum Gasteiger partial charge on any atom is 0.257 e. The summed E-state index contributed by atoms with van der Waals surface area (Å²) in [6.07, 6.45) is 8.02. The van der Waals surface area contributed by atoms with Crippen molar-refractivity contribution < 1.29 is 9.90 Å². The Morgan fingerprint density at radius 1 is 1.00 bits per heavy atom. The molecule has 0 bridgehead atoms. The van der Waals surface area contributed by atoms with E-state index in [1.54, 1.807) is 0 Å². The molecule has 6 heteroatoms. The molecule has 32 heavy (non-hydrogen) atoms. The summed E-state index contributed by atoms with van der Waals surface area (Å²) in [6.45, 7) is 3.01. The van der Waals surface area contributed by atoms with E-state index in [-0.39, 0.29) is 12.5 Å². The molecular weight excluding hydrogens is 418 g/mol. The second-order valence-electron chi connectivity index (χ2n) is 7.94. The van der Waals surface area contributed by atoms with E-state index >= 15 is 0 Å². The van der Waals surface area contributed by atoms with Crippen molar-refractivity contribution >= 4 is 28.1 Å². The quantitative estimate of drug-likeness (QED) is 0.276. The highest BCUT2D eigenvalue weighted by atomic mass is 32.1. The number of nitrogens with zero attached hydrogens (tertiary/aromatic N) is 1. The zero-order valence-electron chi connectivity index (χ0n) is 18.8. The summed E-state index contributed by atoms with van der Waals surface area (Å²) in [5.74, 6) is -0.178. The molecule has 0 atom stereocenters. The van der Waals surface area contributed by atoms with Crippen LogP contribution in [0.2, 0.25) is 0 Å². The monoisotopic (exact) mass is 451 g/mol. The molecule has 3 rings (SSSR count). The number of aryl methyl sites for hydroxylation is 1. The Kier molecular flexibility index (Phi) is 9.72. The molecule has 5 nitrogen and oxygen atoms in total. The highest BCUT2D eigenvalue weighted by molar-refractivity contribution is 7.14. The van der Waals surface area contributed by atoms with Crippen molar-refractivity contribution in [3.63, 3.8) is 0 Å². The fraction of sp³-hybridized carbons (Fsp3) is 0.385. The number of rotatable bonds is 13. The van der Waals surface area contributed by atoms with Crippen molar-refractivity contribution in [3.05, 3.63) is 76.3 Å². The van der Waals surface area contributed by atoms with E-state index < -0.39 is 0 Å². The number of aliphatic hydroxyl groups excluding tert-OH is 1. The molecule has 1 amide bonds. The Hall–Kier alpha value is -2.70. The zero-order valence-corrected chi connectivity index (χ0v) is 19.6. The number of carbonyl (C=O) groups is 1. The molecule has 0 spiro atoms. The van der Waals surface area contributed by atoms with Crippen LogP contribution in [0.4, 0.5) is 10.8 Å². The van der Waals surface area contributed by atoms with Gasteiger partial charge in [0.05, 0.1) is 5.69 Å². The Balaban J connectivity index is 1.51. The van der Waals surface area contributed by atoms with Crippen LogP contribution in [0, 0.1) is 0 Å². The fourth-order valence-corrected chi connectivity index (χ4v) is 4.30. The molecule has 0 aliphatic rings. The molecule has 0 radical (unpaired) electrons. The molecular formula is C26H33N3O2S. The third-order valence-corrected chi connectivity index (χ3v) is 6.21. The van der Waals surface area contributed by atoms with Gasteiger partial charge in [0.25, 0.3) is 5.91 Å². The highest BCUT2D eigenvalue weighted by Crippen LogP contribution is 2.20. The summed E-state index contributed by atoms with van der Waals surface area (Å²) in [6, 6.07) is 16.2. The standard InChI is InChI=1S/C26H33N3O2S/c1-2-3-4-5-6-9-21-10-7-8-11-24(21)27-18-20-12-14-22(15-13-20)25(31)29-26-28-23(16-17-30)19-32-26/h7-8,10-15,19,27,30H,2-6,9,16-18H2,1H3,(H,28,29,31). The van der Waals surface area contributed by atoms with Gasteiger partial charge in [0.15, 0.2) is 5.13 Å². The first kappa shape index (κ1) is 24.0. The highest BCUT2D eigenvalue weighted by Gasteiger charge is 2.09. The molecule has 0 unspecified atom stereocenters. The summed E-state index contributed by atoms with van der Waals surface area (Å²) < 4.78 is 0. The predicted octanol–water partition coefficient (Wildman–Crippen LogP) is 6.06. The van der Waals surface area contributed by atoms with Crippen molar-refractivity contribution in [1.82, 2.24) is 4.98 Å². The lowest BCUT2D eigenvalue weighted by Crippen LogP contribution is -2.12. The summed E-state index contributed by atoms with van der Waals surface area (Å²) in [5, 5.41) is 17.8. The number of benzene rings is 2. The van der Waals surface area contributed by atoms with Crippen molar-refractivity contribution in [2.45, 2.75) is 58.4 Å². The van der Waals surface area contributed by atoms with Crippen LogP contribution in [0.25, 0.3) is 0 Å². The van der Waals surface area contributed by atoms with Crippen LogP contribution in [-0.2, 0) is 19.4 Å². The van der Waals surface area contributed by atoms with E-state index in [4.69, 9.17) is 5.11 Å². The van der Waals surface area contributed by atoms with Gasteiger partial charge in [0.1, 0.15) is 0 Å². The van der Waals surface area contributed by atoms with E-state index in [9.17, 15) is 4.79 Å².